The molecule has 2 amide bonds. The SMILES string of the molecule is O=C(CCCNC(=O)c1ccc(Cl)cc1)Nc1ccccc1-n1ncc2c(=O)[nH]cnc21. The Hall–Kier alpha value is -3.98. The first-order valence-corrected chi connectivity index (χ1v) is 10.2. The summed E-state index contributed by atoms with van der Waals surface area (Å²) in [6.07, 6.45) is 3.42. The van der Waals surface area contributed by atoms with Gasteiger partial charge in [0.1, 0.15) is 5.39 Å². The van der Waals surface area contributed by atoms with Gasteiger partial charge in [-0.15, -0.1) is 0 Å². The highest BCUT2D eigenvalue weighted by Crippen LogP contribution is 2.22. The van der Waals surface area contributed by atoms with Crippen LogP contribution in [0.5, 0.6) is 0 Å². The Labute approximate surface area is 187 Å². The largest absolute Gasteiger partial charge is 0.352 e. The number of hydrogen-bond donors (Lipinski definition) is 3. The summed E-state index contributed by atoms with van der Waals surface area (Å²) < 4.78 is 1.51. The van der Waals surface area contributed by atoms with E-state index in [9.17, 15) is 14.4 Å². The summed E-state index contributed by atoms with van der Waals surface area (Å²) in [6, 6.07) is 13.7. The van der Waals surface area contributed by atoms with Crippen molar-refractivity contribution in [2.75, 3.05) is 11.9 Å². The van der Waals surface area contributed by atoms with E-state index in [2.05, 4.69) is 25.7 Å². The van der Waals surface area contributed by atoms with E-state index in [1.807, 2.05) is 0 Å². The van der Waals surface area contributed by atoms with E-state index in [1.54, 1.807) is 48.5 Å². The first kappa shape index (κ1) is 21.3. The van der Waals surface area contributed by atoms with Gasteiger partial charge in [0.05, 0.1) is 23.9 Å². The predicted molar refractivity (Wildman–Crippen MR) is 121 cm³/mol. The Bertz CT molecular complexity index is 1330. The summed E-state index contributed by atoms with van der Waals surface area (Å²) >= 11 is 5.82. The van der Waals surface area contributed by atoms with E-state index in [-0.39, 0.29) is 23.8 Å². The average Bonchev–Trinajstić information content (AvgIpc) is 3.23. The fourth-order valence-corrected chi connectivity index (χ4v) is 3.29. The zero-order valence-corrected chi connectivity index (χ0v) is 17.6. The molecule has 2 aromatic heterocycles. The number of H-pyrrole nitrogens is 1. The van der Waals surface area contributed by atoms with Crippen LogP contribution in [0.4, 0.5) is 5.69 Å². The van der Waals surface area contributed by atoms with Gasteiger partial charge in [-0.3, -0.25) is 14.4 Å². The van der Waals surface area contributed by atoms with Crippen molar-refractivity contribution in [1.82, 2.24) is 25.1 Å². The van der Waals surface area contributed by atoms with Crippen molar-refractivity contribution in [3.05, 3.63) is 82.0 Å². The number of nitrogens with zero attached hydrogens (tertiary/aromatic N) is 3. The maximum atomic E-state index is 12.5. The Kier molecular flexibility index (Phi) is 6.27. The highest BCUT2D eigenvalue weighted by molar-refractivity contribution is 6.30. The minimum absolute atomic E-state index is 0.208. The standard InChI is InChI=1S/C22H19ClN6O3/c23-15-9-7-14(8-10-15)21(31)24-11-3-6-19(30)28-17-4-1-2-5-18(17)29-20-16(12-27-29)22(32)26-13-25-20/h1-2,4-5,7-10,12-13H,3,6,11H2,(H,24,31)(H,28,30)(H,25,26,32). The molecule has 0 radical (unpaired) electrons. The van der Waals surface area contributed by atoms with Gasteiger partial charge in [0.25, 0.3) is 11.5 Å². The summed E-state index contributed by atoms with van der Waals surface area (Å²) in [5.41, 5.74) is 1.73. The Morgan fingerprint density at radius 1 is 1.09 bits per heavy atom. The Morgan fingerprint density at radius 3 is 2.69 bits per heavy atom. The second-order valence-corrected chi connectivity index (χ2v) is 7.39. The van der Waals surface area contributed by atoms with Crippen LogP contribution in [-0.2, 0) is 4.79 Å². The van der Waals surface area contributed by atoms with Gasteiger partial charge < -0.3 is 15.6 Å². The maximum Gasteiger partial charge on any atom is 0.261 e. The van der Waals surface area contributed by atoms with Crippen LogP contribution in [0.15, 0.2) is 65.8 Å². The lowest BCUT2D eigenvalue weighted by Gasteiger charge is -2.11. The number of hydrogen-bond acceptors (Lipinski definition) is 5. The third kappa shape index (κ3) is 4.68. The number of nitrogens with one attached hydrogen (secondary N) is 3. The molecule has 2 aromatic carbocycles. The molecular weight excluding hydrogens is 432 g/mol. The number of aromatic nitrogens is 4. The number of rotatable bonds is 7. The van der Waals surface area contributed by atoms with Crippen LogP contribution in [0.25, 0.3) is 16.7 Å². The predicted octanol–water partition coefficient (Wildman–Crippen LogP) is 2.91. The summed E-state index contributed by atoms with van der Waals surface area (Å²) in [5, 5.41) is 10.8. The lowest BCUT2D eigenvalue weighted by Crippen LogP contribution is -2.25. The number of amides is 2. The second-order valence-electron chi connectivity index (χ2n) is 6.96. The smallest absolute Gasteiger partial charge is 0.261 e. The molecule has 10 heteroatoms. The molecule has 32 heavy (non-hydrogen) atoms. The van der Waals surface area contributed by atoms with Gasteiger partial charge in [-0.2, -0.15) is 5.10 Å². The normalized spacial score (nSPS) is 10.8. The monoisotopic (exact) mass is 450 g/mol. The second kappa shape index (κ2) is 9.44. The lowest BCUT2D eigenvalue weighted by atomic mass is 10.2. The third-order valence-electron chi connectivity index (χ3n) is 4.75. The molecule has 0 spiro atoms. The summed E-state index contributed by atoms with van der Waals surface area (Å²) in [4.78, 5) is 43.2. The first-order chi connectivity index (χ1) is 15.5. The van der Waals surface area contributed by atoms with E-state index < -0.39 is 0 Å². The zero-order valence-electron chi connectivity index (χ0n) is 16.8. The molecule has 0 aliphatic heterocycles. The van der Waals surface area contributed by atoms with Crippen LogP contribution in [-0.4, -0.2) is 38.1 Å². The molecule has 0 atom stereocenters. The van der Waals surface area contributed by atoms with E-state index >= 15 is 0 Å². The number of benzene rings is 2. The molecule has 162 valence electrons. The van der Waals surface area contributed by atoms with Gasteiger partial charge in [0.15, 0.2) is 5.65 Å². The van der Waals surface area contributed by atoms with Crippen molar-refractivity contribution < 1.29 is 9.59 Å². The lowest BCUT2D eigenvalue weighted by molar-refractivity contribution is -0.116. The van der Waals surface area contributed by atoms with Crippen LogP contribution in [0.2, 0.25) is 5.02 Å². The number of carbonyl (C=O) groups excluding carboxylic acids is 2. The fourth-order valence-electron chi connectivity index (χ4n) is 3.16. The van der Waals surface area contributed by atoms with Crippen molar-refractivity contribution in [2.24, 2.45) is 0 Å². The Morgan fingerprint density at radius 2 is 1.88 bits per heavy atom. The quantitative estimate of drug-likeness (QED) is 0.374. The number of halogens is 1. The molecule has 4 rings (SSSR count). The Balaban J connectivity index is 1.37. The average molecular weight is 451 g/mol. The maximum absolute atomic E-state index is 12.5. The molecule has 0 saturated carbocycles. The van der Waals surface area contributed by atoms with Gasteiger partial charge >= 0.3 is 0 Å². The number of fused-ring (bicyclic) bond motifs is 1. The first-order valence-electron chi connectivity index (χ1n) is 9.87. The van der Waals surface area contributed by atoms with E-state index in [1.165, 1.54) is 17.2 Å². The van der Waals surface area contributed by atoms with Crippen LogP contribution >= 0.6 is 11.6 Å². The molecule has 0 aliphatic carbocycles. The van der Waals surface area contributed by atoms with Gasteiger partial charge in [-0.1, -0.05) is 23.7 Å². The van der Waals surface area contributed by atoms with Crippen LogP contribution in [0.3, 0.4) is 0 Å². The van der Waals surface area contributed by atoms with Crippen LogP contribution in [0, 0.1) is 0 Å². The van der Waals surface area contributed by atoms with E-state index in [4.69, 9.17) is 11.6 Å². The molecule has 3 N–H and O–H groups in total. The van der Waals surface area contributed by atoms with Crippen molar-refractivity contribution >= 4 is 40.1 Å². The van der Waals surface area contributed by atoms with Gasteiger partial charge in [-0.25, -0.2) is 9.67 Å². The van der Waals surface area contributed by atoms with Crippen LogP contribution < -0.4 is 16.2 Å². The third-order valence-corrected chi connectivity index (χ3v) is 5.00. The summed E-state index contributed by atoms with van der Waals surface area (Å²) in [6.45, 7) is 0.354. The van der Waals surface area contributed by atoms with E-state index in [0.29, 0.717) is 46.0 Å². The molecule has 4 aromatic rings. The minimum atomic E-state index is -0.289. The van der Waals surface area contributed by atoms with Crippen molar-refractivity contribution in [3.63, 3.8) is 0 Å². The number of para-hydroxylation sites is 2. The molecule has 0 saturated heterocycles. The fraction of sp³-hybridized carbons (Fsp3) is 0.136. The highest BCUT2D eigenvalue weighted by atomic mass is 35.5. The van der Waals surface area contributed by atoms with Crippen LogP contribution in [0.1, 0.15) is 23.2 Å². The highest BCUT2D eigenvalue weighted by Gasteiger charge is 2.14. The molecule has 9 nitrogen and oxygen atoms in total. The molecule has 0 unspecified atom stereocenters. The van der Waals surface area contributed by atoms with E-state index in [0.717, 1.165) is 0 Å². The summed E-state index contributed by atoms with van der Waals surface area (Å²) in [5.74, 6) is -0.430. The number of carbonyl (C=O) groups is 2. The van der Waals surface area contributed by atoms with Crippen molar-refractivity contribution in [2.45, 2.75) is 12.8 Å². The number of anilines is 1. The van der Waals surface area contributed by atoms with Gasteiger partial charge in [0, 0.05) is 23.6 Å². The van der Waals surface area contributed by atoms with Crippen molar-refractivity contribution in [1.29, 1.82) is 0 Å². The number of aromatic amines is 1. The van der Waals surface area contributed by atoms with Gasteiger partial charge in [-0.05, 0) is 42.8 Å². The van der Waals surface area contributed by atoms with Gasteiger partial charge in [0.2, 0.25) is 5.91 Å². The molecular formula is C22H19ClN6O3. The molecule has 2 heterocycles. The van der Waals surface area contributed by atoms with Crippen molar-refractivity contribution in [3.8, 4) is 5.69 Å². The topological polar surface area (TPSA) is 122 Å². The minimum Gasteiger partial charge on any atom is -0.352 e. The molecule has 0 aliphatic rings. The zero-order chi connectivity index (χ0) is 22.5. The molecule has 0 bridgehead atoms. The molecule has 0 fully saturated rings. The summed E-state index contributed by atoms with van der Waals surface area (Å²) in [7, 11) is 0.